The summed E-state index contributed by atoms with van der Waals surface area (Å²) in [5.74, 6) is 1.25. The average molecular weight is 295 g/mol. The maximum Gasteiger partial charge on any atom is 0.105 e. The Hall–Kier alpha value is -2.07. The summed E-state index contributed by atoms with van der Waals surface area (Å²) in [7, 11) is 2.11. The first-order chi connectivity index (χ1) is 10.7. The lowest BCUT2D eigenvalue weighted by Crippen LogP contribution is -2.25. The number of imidazole rings is 1. The Morgan fingerprint density at radius 2 is 2.14 bits per heavy atom. The maximum atomic E-state index is 11.0. The molecule has 114 valence electrons. The van der Waals surface area contributed by atoms with Gasteiger partial charge in [0.05, 0.1) is 6.10 Å². The van der Waals surface area contributed by atoms with Crippen molar-refractivity contribution in [2.75, 3.05) is 0 Å². The number of nitrogens with zero attached hydrogens (tertiary/aromatic N) is 3. The number of aliphatic hydroxyl groups is 1. The fourth-order valence-electron chi connectivity index (χ4n) is 3.86. The van der Waals surface area contributed by atoms with E-state index in [1.54, 1.807) is 0 Å². The van der Waals surface area contributed by atoms with E-state index in [4.69, 9.17) is 0 Å². The van der Waals surface area contributed by atoms with Crippen LogP contribution >= 0.6 is 0 Å². The number of aromatic nitrogens is 3. The predicted molar refractivity (Wildman–Crippen MR) is 86.7 cm³/mol. The molecular formula is C18H21N3O. The number of fused-ring (bicyclic) bond motifs is 3. The minimum absolute atomic E-state index is 0.242. The van der Waals surface area contributed by atoms with Gasteiger partial charge < -0.3 is 14.2 Å². The van der Waals surface area contributed by atoms with Crippen LogP contribution in [0.1, 0.15) is 29.6 Å². The van der Waals surface area contributed by atoms with Gasteiger partial charge >= 0.3 is 0 Å². The lowest BCUT2D eigenvalue weighted by Gasteiger charge is -2.29. The average Bonchev–Trinajstić information content (AvgIpc) is 3.05. The van der Waals surface area contributed by atoms with Crippen LogP contribution in [0.15, 0.2) is 36.7 Å². The van der Waals surface area contributed by atoms with E-state index in [1.807, 2.05) is 19.3 Å². The molecule has 1 aliphatic rings. The quantitative estimate of drug-likeness (QED) is 0.790. The molecule has 0 saturated carbocycles. The smallest absolute Gasteiger partial charge is 0.105 e. The molecule has 0 saturated heterocycles. The van der Waals surface area contributed by atoms with Crippen molar-refractivity contribution >= 4 is 10.9 Å². The van der Waals surface area contributed by atoms with Gasteiger partial charge in [-0.3, -0.25) is 0 Å². The molecule has 3 aromatic rings. The van der Waals surface area contributed by atoms with Gasteiger partial charge in [-0.05, 0) is 25.8 Å². The molecule has 2 atom stereocenters. The van der Waals surface area contributed by atoms with E-state index >= 15 is 0 Å². The number of hydrogen-bond donors (Lipinski definition) is 1. The zero-order chi connectivity index (χ0) is 15.3. The largest absolute Gasteiger partial charge is 0.388 e. The van der Waals surface area contributed by atoms with Crippen LogP contribution in [0, 0.1) is 12.8 Å². The molecule has 0 fully saturated rings. The third-order valence-corrected chi connectivity index (χ3v) is 5.12. The van der Waals surface area contributed by atoms with Crippen LogP contribution in [-0.4, -0.2) is 19.2 Å². The Morgan fingerprint density at radius 3 is 2.91 bits per heavy atom. The summed E-state index contributed by atoms with van der Waals surface area (Å²) in [6.07, 6.45) is 5.46. The Morgan fingerprint density at radius 1 is 1.32 bits per heavy atom. The molecule has 0 spiro atoms. The molecule has 0 bridgehead atoms. The van der Waals surface area contributed by atoms with Gasteiger partial charge in [-0.15, -0.1) is 0 Å². The van der Waals surface area contributed by atoms with Crippen LogP contribution in [0.2, 0.25) is 0 Å². The van der Waals surface area contributed by atoms with Crippen molar-refractivity contribution in [3.05, 3.63) is 53.7 Å². The van der Waals surface area contributed by atoms with Crippen LogP contribution in [0.25, 0.3) is 10.9 Å². The number of rotatable bonds is 2. The second-order valence-corrected chi connectivity index (χ2v) is 6.31. The van der Waals surface area contributed by atoms with Gasteiger partial charge in [0.15, 0.2) is 0 Å². The van der Waals surface area contributed by atoms with Gasteiger partial charge in [-0.2, -0.15) is 0 Å². The number of benzene rings is 1. The van der Waals surface area contributed by atoms with E-state index in [-0.39, 0.29) is 5.92 Å². The van der Waals surface area contributed by atoms with Crippen LogP contribution in [0.3, 0.4) is 0 Å². The molecule has 4 nitrogen and oxygen atoms in total. The SMILES string of the molecule is Cc1nccn1CC1CCc2c(c3ccccc3n2C)C1O. The number of aryl methyl sites for hydroxylation is 2. The fourth-order valence-corrected chi connectivity index (χ4v) is 3.86. The third kappa shape index (κ3) is 1.91. The van der Waals surface area contributed by atoms with Crippen molar-refractivity contribution in [2.45, 2.75) is 32.4 Å². The van der Waals surface area contributed by atoms with Gasteiger partial charge in [0.1, 0.15) is 5.82 Å². The zero-order valence-corrected chi connectivity index (χ0v) is 13.0. The molecule has 4 heteroatoms. The summed E-state index contributed by atoms with van der Waals surface area (Å²) >= 11 is 0. The zero-order valence-electron chi connectivity index (χ0n) is 13.0. The van der Waals surface area contributed by atoms with E-state index in [1.165, 1.54) is 16.6 Å². The van der Waals surface area contributed by atoms with Crippen LogP contribution in [-0.2, 0) is 20.0 Å². The van der Waals surface area contributed by atoms with Crippen LogP contribution < -0.4 is 0 Å². The predicted octanol–water partition coefficient (Wildman–Crippen LogP) is 2.98. The molecule has 0 aliphatic heterocycles. The van der Waals surface area contributed by atoms with Gasteiger partial charge in [0, 0.05) is 54.1 Å². The first kappa shape index (κ1) is 13.6. The highest BCUT2D eigenvalue weighted by atomic mass is 16.3. The first-order valence-electron chi connectivity index (χ1n) is 7.89. The Bertz CT molecular complexity index is 830. The van der Waals surface area contributed by atoms with E-state index in [2.05, 4.69) is 45.4 Å². The Kier molecular flexibility index (Phi) is 3.08. The molecule has 2 aromatic heterocycles. The van der Waals surface area contributed by atoms with Crippen LogP contribution in [0.4, 0.5) is 0 Å². The van der Waals surface area contributed by atoms with Crippen molar-refractivity contribution in [3.8, 4) is 0 Å². The van der Waals surface area contributed by atoms with Gasteiger partial charge in [-0.25, -0.2) is 4.98 Å². The lowest BCUT2D eigenvalue weighted by atomic mass is 9.83. The number of aliphatic hydroxyl groups excluding tert-OH is 1. The lowest BCUT2D eigenvalue weighted by molar-refractivity contribution is 0.0834. The Labute approximate surface area is 130 Å². The second-order valence-electron chi connectivity index (χ2n) is 6.31. The summed E-state index contributed by atoms with van der Waals surface area (Å²) < 4.78 is 4.39. The molecule has 1 aliphatic carbocycles. The molecular weight excluding hydrogens is 274 g/mol. The molecule has 4 rings (SSSR count). The van der Waals surface area contributed by atoms with Crippen molar-refractivity contribution in [1.82, 2.24) is 14.1 Å². The molecule has 0 radical (unpaired) electrons. The summed E-state index contributed by atoms with van der Waals surface area (Å²) in [5, 5.41) is 12.2. The van der Waals surface area contributed by atoms with Crippen molar-refractivity contribution in [3.63, 3.8) is 0 Å². The number of hydrogen-bond acceptors (Lipinski definition) is 2. The Balaban J connectivity index is 1.75. The fraction of sp³-hybridized carbons (Fsp3) is 0.389. The second kappa shape index (κ2) is 4.99. The summed E-state index contributed by atoms with van der Waals surface area (Å²) in [6, 6.07) is 8.38. The van der Waals surface area contributed by atoms with Crippen molar-refractivity contribution < 1.29 is 5.11 Å². The standard InChI is InChI=1S/C18H21N3O/c1-12-19-9-10-21(12)11-13-7-8-16-17(18(13)22)14-5-3-4-6-15(14)20(16)2/h3-6,9-10,13,18,22H,7-8,11H2,1-2H3. The molecule has 1 aromatic carbocycles. The summed E-state index contributed by atoms with van der Waals surface area (Å²) in [6.45, 7) is 2.84. The van der Waals surface area contributed by atoms with E-state index in [0.717, 1.165) is 30.8 Å². The molecule has 2 heterocycles. The molecule has 1 N–H and O–H groups in total. The van der Waals surface area contributed by atoms with Crippen LogP contribution in [0.5, 0.6) is 0 Å². The van der Waals surface area contributed by atoms with Crippen molar-refractivity contribution in [1.29, 1.82) is 0 Å². The minimum Gasteiger partial charge on any atom is -0.388 e. The number of para-hydroxylation sites is 1. The highest BCUT2D eigenvalue weighted by Gasteiger charge is 2.32. The summed E-state index contributed by atoms with van der Waals surface area (Å²) in [4.78, 5) is 4.28. The first-order valence-corrected chi connectivity index (χ1v) is 7.89. The third-order valence-electron chi connectivity index (χ3n) is 5.12. The normalized spacial score (nSPS) is 21.2. The van der Waals surface area contributed by atoms with Gasteiger partial charge in [0.25, 0.3) is 0 Å². The van der Waals surface area contributed by atoms with Crippen molar-refractivity contribution in [2.24, 2.45) is 13.0 Å². The van der Waals surface area contributed by atoms with Gasteiger partial charge in [0.2, 0.25) is 0 Å². The summed E-state index contributed by atoms with van der Waals surface area (Å²) in [5.41, 5.74) is 3.63. The molecule has 0 amide bonds. The minimum atomic E-state index is -0.406. The molecule has 22 heavy (non-hydrogen) atoms. The van der Waals surface area contributed by atoms with Gasteiger partial charge in [-0.1, -0.05) is 18.2 Å². The van der Waals surface area contributed by atoms with E-state index in [0.29, 0.717) is 0 Å². The van der Waals surface area contributed by atoms with E-state index < -0.39 is 6.10 Å². The topological polar surface area (TPSA) is 43.0 Å². The highest BCUT2D eigenvalue weighted by molar-refractivity contribution is 5.86. The highest BCUT2D eigenvalue weighted by Crippen LogP contribution is 2.41. The maximum absolute atomic E-state index is 11.0. The monoisotopic (exact) mass is 295 g/mol. The van der Waals surface area contributed by atoms with E-state index in [9.17, 15) is 5.11 Å². The molecule has 2 unspecified atom stereocenters.